The van der Waals surface area contributed by atoms with Gasteiger partial charge in [0, 0.05) is 42.0 Å². The van der Waals surface area contributed by atoms with Gasteiger partial charge in [-0.15, -0.1) is 0 Å². The van der Waals surface area contributed by atoms with Crippen LogP contribution in [0.2, 0.25) is 0 Å². The highest BCUT2D eigenvalue weighted by atomic mass is 32.2. The lowest BCUT2D eigenvalue weighted by Gasteiger charge is -2.22. The molecule has 0 aliphatic heterocycles. The summed E-state index contributed by atoms with van der Waals surface area (Å²) in [7, 11) is 0.898. The molecule has 0 aliphatic carbocycles. The van der Waals surface area contributed by atoms with Gasteiger partial charge < -0.3 is 24.8 Å². The van der Waals surface area contributed by atoms with Crippen molar-refractivity contribution in [2.24, 2.45) is 0 Å². The van der Waals surface area contributed by atoms with Gasteiger partial charge in [-0.3, -0.25) is 4.72 Å². The summed E-state index contributed by atoms with van der Waals surface area (Å²) in [5.41, 5.74) is 1.02. The Bertz CT molecular complexity index is 1870. The van der Waals surface area contributed by atoms with Gasteiger partial charge in [0.25, 0.3) is 10.0 Å². The van der Waals surface area contributed by atoms with Gasteiger partial charge >= 0.3 is 6.09 Å². The number of hydrogen-bond acceptors (Lipinski definition) is 7. The van der Waals surface area contributed by atoms with Crippen molar-refractivity contribution in [2.75, 3.05) is 39.0 Å². The fourth-order valence-corrected chi connectivity index (χ4v) is 5.84. The van der Waals surface area contributed by atoms with E-state index in [0.29, 0.717) is 46.1 Å². The molecule has 0 heterocycles. The van der Waals surface area contributed by atoms with E-state index in [4.69, 9.17) is 9.47 Å². The van der Waals surface area contributed by atoms with Crippen LogP contribution in [0, 0.1) is 0 Å². The number of benzene rings is 5. The Morgan fingerprint density at radius 2 is 1.57 bits per heavy atom. The summed E-state index contributed by atoms with van der Waals surface area (Å²) in [5, 5.41) is 16.7. The SMILES string of the molecule is CNCCN(C)C(=O)Oc1c(-c2c(O)ccc3ccccc23)cc(NS(=O)(=O)c2ccc(OC)cc2)c2ccccc12. The first kappa shape index (κ1) is 28.7. The number of sulfonamides is 1. The van der Waals surface area contributed by atoms with Crippen molar-refractivity contribution in [2.45, 2.75) is 4.90 Å². The van der Waals surface area contributed by atoms with Gasteiger partial charge in [-0.2, -0.15) is 0 Å². The van der Waals surface area contributed by atoms with Crippen LogP contribution in [0.4, 0.5) is 10.5 Å². The predicted octanol–water partition coefficient (Wildman–Crippen LogP) is 5.83. The number of anilines is 1. The summed E-state index contributed by atoms with van der Waals surface area (Å²) in [6.45, 7) is 0.969. The van der Waals surface area contributed by atoms with Crippen LogP contribution in [-0.4, -0.2) is 58.8 Å². The van der Waals surface area contributed by atoms with E-state index in [2.05, 4.69) is 10.0 Å². The lowest BCUT2D eigenvalue weighted by Crippen LogP contribution is -2.34. The number of rotatable bonds is 9. The van der Waals surface area contributed by atoms with Crippen molar-refractivity contribution in [1.82, 2.24) is 10.2 Å². The first-order chi connectivity index (χ1) is 20.2. The molecule has 10 heteroatoms. The summed E-state index contributed by atoms with van der Waals surface area (Å²) >= 11 is 0. The molecule has 1 amide bonds. The van der Waals surface area contributed by atoms with Crippen LogP contribution >= 0.6 is 0 Å². The fourth-order valence-electron chi connectivity index (χ4n) is 4.77. The number of likely N-dealkylation sites (N-methyl/N-ethyl adjacent to an activating group) is 2. The minimum Gasteiger partial charge on any atom is -0.507 e. The molecule has 0 atom stereocenters. The van der Waals surface area contributed by atoms with Crippen molar-refractivity contribution in [3.05, 3.63) is 91.0 Å². The van der Waals surface area contributed by atoms with Gasteiger partial charge in [0.2, 0.25) is 0 Å². The smallest absolute Gasteiger partial charge is 0.415 e. The zero-order chi connectivity index (χ0) is 29.9. The minimum absolute atomic E-state index is 0.0450. The number of phenols is 1. The summed E-state index contributed by atoms with van der Waals surface area (Å²) < 4.78 is 41.0. The quantitative estimate of drug-likeness (QED) is 0.199. The number of fused-ring (bicyclic) bond motifs is 2. The van der Waals surface area contributed by atoms with Crippen LogP contribution in [-0.2, 0) is 10.0 Å². The summed E-state index contributed by atoms with van der Waals surface area (Å²) in [5.74, 6) is 0.679. The molecule has 9 nitrogen and oxygen atoms in total. The molecule has 42 heavy (non-hydrogen) atoms. The number of ether oxygens (including phenoxy) is 2. The molecule has 0 spiro atoms. The summed E-state index contributed by atoms with van der Waals surface area (Å²) in [6, 6.07) is 25.5. The topological polar surface area (TPSA) is 117 Å². The molecule has 0 aromatic heterocycles. The van der Waals surface area contributed by atoms with E-state index in [0.717, 1.165) is 5.39 Å². The third-order valence-electron chi connectivity index (χ3n) is 6.98. The highest BCUT2D eigenvalue weighted by Gasteiger charge is 2.25. The van der Waals surface area contributed by atoms with Crippen LogP contribution in [0.25, 0.3) is 32.7 Å². The van der Waals surface area contributed by atoms with Crippen LogP contribution in [0.3, 0.4) is 0 Å². The zero-order valence-electron chi connectivity index (χ0n) is 23.4. The van der Waals surface area contributed by atoms with E-state index in [1.54, 1.807) is 68.7 Å². The predicted molar refractivity (Wildman–Crippen MR) is 165 cm³/mol. The van der Waals surface area contributed by atoms with Crippen molar-refractivity contribution >= 4 is 43.3 Å². The molecular weight excluding hydrogens is 554 g/mol. The van der Waals surface area contributed by atoms with Gasteiger partial charge in [-0.05, 0) is 54.2 Å². The van der Waals surface area contributed by atoms with E-state index >= 15 is 0 Å². The number of methoxy groups -OCH3 is 1. The molecule has 0 saturated carbocycles. The monoisotopic (exact) mass is 585 g/mol. The van der Waals surface area contributed by atoms with Gasteiger partial charge in [-0.1, -0.05) is 54.6 Å². The molecule has 5 aromatic carbocycles. The molecular formula is C32H31N3O6S. The number of amides is 1. The molecule has 0 unspecified atom stereocenters. The maximum Gasteiger partial charge on any atom is 0.415 e. The van der Waals surface area contributed by atoms with E-state index in [1.165, 1.54) is 24.1 Å². The third-order valence-corrected chi connectivity index (χ3v) is 8.37. The van der Waals surface area contributed by atoms with E-state index in [1.807, 2.05) is 24.3 Å². The normalized spacial score (nSPS) is 11.4. The van der Waals surface area contributed by atoms with Crippen molar-refractivity contribution < 1.29 is 27.8 Å². The number of carbonyl (C=O) groups excluding carboxylic acids is 1. The second-order valence-corrected chi connectivity index (χ2v) is 11.4. The molecule has 216 valence electrons. The van der Waals surface area contributed by atoms with Crippen LogP contribution < -0.4 is 19.5 Å². The molecule has 5 aromatic rings. The Morgan fingerprint density at radius 1 is 0.905 bits per heavy atom. The number of nitrogens with one attached hydrogen (secondary N) is 2. The lowest BCUT2D eigenvalue weighted by atomic mass is 9.93. The van der Waals surface area contributed by atoms with Crippen molar-refractivity contribution in [3.8, 4) is 28.4 Å². The van der Waals surface area contributed by atoms with Crippen LogP contribution in [0.15, 0.2) is 95.9 Å². The van der Waals surface area contributed by atoms with Gasteiger partial charge in [-0.25, -0.2) is 13.2 Å². The number of nitrogens with zero attached hydrogens (tertiary/aromatic N) is 1. The molecule has 0 radical (unpaired) electrons. The maximum absolute atomic E-state index is 13.5. The number of aromatic hydroxyl groups is 1. The molecule has 5 rings (SSSR count). The Balaban J connectivity index is 1.74. The molecule has 0 fully saturated rings. The Kier molecular flexibility index (Phi) is 8.19. The van der Waals surface area contributed by atoms with E-state index in [-0.39, 0.29) is 22.1 Å². The molecule has 3 N–H and O–H groups in total. The van der Waals surface area contributed by atoms with Crippen molar-refractivity contribution in [1.29, 1.82) is 0 Å². The number of phenolic OH excluding ortho intramolecular Hbond substituents is 1. The lowest BCUT2D eigenvalue weighted by molar-refractivity contribution is 0.164. The highest BCUT2D eigenvalue weighted by Crippen LogP contribution is 2.47. The molecule has 0 saturated heterocycles. The first-order valence-electron chi connectivity index (χ1n) is 13.2. The second-order valence-electron chi connectivity index (χ2n) is 9.70. The Morgan fingerprint density at radius 3 is 2.26 bits per heavy atom. The minimum atomic E-state index is -4.03. The number of hydrogen-bond donors (Lipinski definition) is 3. The fraction of sp³-hybridized carbons (Fsp3) is 0.156. The van der Waals surface area contributed by atoms with Gasteiger partial charge in [0.05, 0.1) is 17.7 Å². The average molecular weight is 586 g/mol. The van der Waals surface area contributed by atoms with Crippen LogP contribution in [0.5, 0.6) is 17.2 Å². The van der Waals surface area contributed by atoms with E-state index < -0.39 is 16.1 Å². The summed E-state index contributed by atoms with van der Waals surface area (Å²) in [6.07, 6.45) is -0.594. The standard InChI is InChI=1S/C32H31N3O6S/c1-33-18-19-35(2)32(37)41-31-26-11-7-6-10-25(26)28(34-42(38,39)23-15-13-22(40-3)14-16-23)20-27(31)30-24-9-5-4-8-21(24)12-17-29(30)36/h4-17,20,33-34,36H,18-19H2,1-3H3. The molecule has 0 aliphatic rings. The average Bonchev–Trinajstić information content (AvgIpc) is 3.00. The van der Waals surface area contributed by atoms with E-state index in [9.17, 15) is 18.3 Å². The van der Waals surface area contributed by atoms with Crippen molar-refractivity contribution in [3.63, 3.8) is 0 Å². The largest absolute Gasteiger partial charge is 0.507 e. The van der Waals surface area contributed by atoms with Crippen LogP contribution in [0.1, 0.15) is 0 Å². The second kappa shape index (κ2) is 12.0. The number of carbonyl (C=O) groups is 1. The Labute approximate surface area is 244 Å². The van der Waals surface area contributed by atoms with Gasteiger partial charge in [0.1, 0.15) is 17.2 Å². The van der Waals surface area contributed by atoms with Gasteiger partial charge in [0.15, 0.2) is 0 Å². The summed E-state index contributed by atoms with van der Waals surface area (Å²) in [4.78, 5) is 14.7. The zero-order valence-corrected chi connectivity index (χ0v) is 24.2. The first-order valence-corrected chi connectivity index (χ1v) is 14.7. The third kappa shape index (κ3) is 5.67. The maximum atomic E-state index is 13.5. The Hall–Kier alpha value is -4.80. The highest BCUT2D eigenvalue weighted by molar-refractivity contribution is 7.92. The molecule has 0 bridgehead atoms.